The van der Waals surface area contributed by atoms with Gasteiger partial charge < -0.3 is 10.6 Å². The summed E-state index contributed by atoms with van der Waals surface area (Å²) in [5.74, 6) is 0.738. The first kappa shape index (κ1) is 17.2. The van der Waals surface area contributed by atoms with E-state index in [2.05, 4.69) is 40.7 Å². The van der Waals surface area contributed by atoms with Gasteiger partial charge in [-0.1, -0.05) is 43.0 Å². The molecule has 1 amide bonds. The lowest BCUT2D eigenvalue weighted by molar-refractivity contribution is -0.119. The fraction of sp³-hybridized carbons (Fsp3) is 0.500. The quantitative estimate of drug-likeness (QED) is 0.707. The maximum absolute atomic E-state index is 12.2. The van der Waals surface area contributed by atoms with E-state index in [1.807, 2.05) is 18.4 Å². The van der Waals surface area contributed by atoms with Crippen LogP contribution >= 0.6 is 34.4 Å². The van der Waals surface area contributed by atoms with E-state index in [0.29, 0.717) is 11.7 Å². The highest BCUT2D eigenvalue weighted by Gasteiger charge is 2.19. The number of rotatable bonds is 8. The summed E-state index contributed by atoms with van der Waals surface area (Å²) in [6.07, 6.45) is 0. The maximum atomic E-state index is 12.2. The van der Waals surface area contributed by atoms with E-state index in [1.165, 1.54) is 28.0 Å². The molecule has 0 aliphatic heterocycles. The first-order valence-electron chi connectivity index (χ1n) is 7.13. The smallest absolute Gasteiger partial charge is 0.230 e. The van der Waals surface area contributed by atoms with E-state index in [-0.39, 0.29) is 11.9 Å². The van der Waals surface area contributed by atoms with Crippen LogP contribution in [0.1, 0.15) is 31.7 Å². The molecule has 0 bridgehead atoms. The van der Waals surface area contributed by atoms with Crippen molar-refractivity contribution < 1.29 is 4.79 Å². The molecular weight excluding hydrogens is 336 g/mol. The van der Waals surface area contributed by atoms with Crippen molar-refractivity contribution in [1.82, 2.24) is 15.5 Å². The molecule has 8 heteroatoms. The molecule has 2 aromatic rings. The van der Waals surface area contributed by atoms with Crippen molar-refractivity contribution in [3.8, 4) is 0 Å². The number of nitrogens with zero attached hydrogens (tertiary/aromatic N) is 2. The predicted molar refractivity (Wildman–Crippen MR) is 94.8 cm³/mol. The number of nitrogens with one attached hydrogen (secondary N) is 2. The number of amides is 1. The van der Waals surface area contributed by atoms with Crippen molar-refractivity contribution >= 4 is 45.5 Å². The third-order valence-electron chi connectivity index (χ3n) is 2.89. The molecule has 120 valence electrons. The second-order valence-corrected chi connectivity index (χ2v) is 8.18. The van der Waals surface area contributed by atoms with Crippen LogP contribution in [0.2, 0.25) is 0 Å². The van der Waals surface area contributed by atoms with Gasteiger partial charge in [0.05, 0.1) is 11.8 Å². The van der Waals surface area contributed by atoms with Gasteiger partial charge in [0.1, 0.15) is 0 Å². The van der Waals surface area contributed by atoms with Gasteiger partial charge in [-0.05, 0) is 24.3 Å². The Bertz CT molecular complexity index is 583. The Balaban J connectivity index is 1.86. The number of hydrogen-bond acceptors (Lipinski definition) is 7. The Hall–Kier alpha value is -1.12. The second-order valence-electron chi connectivity index (χ2n) is 5.00. The number of thioether (sulfide) groups is 1. The molecule has 0 aliphatic rings. The third-order valence-corrected chi connectivity index (χ3v) is 5.86. The van der Waals surface area contributed by atoms with E-state index in [4.69, 9.17) is 0 Å². The van der Waals surface area contributed by atoms with Crippen LogP contribution in [0.3, 0.4) is 0 Å². The van der Waals surface area contributed by atoms with Crippen LogP contribution in [-0.4, -0.2) is 28.4 Å². The number of anilines is 1. The average molecular weight is 357 g/mol. The van der Waals surface area contributed by atoms with Crippen LogP contribution in [0.5, 0.6) is 0 Å². The number of hydrogen-bond donors (Lipinski definition) is 2. The number of carbonyl (C=O) groups is 1. The highest BCUT2D eigenvalue weighted by atomic mass is 32.2. The van der Waals surface area contributed by atoms with Crippen LogP contribution in [-0.2, 0) is 4.79 Å². The zero-order valence-corrected chi connectivity index (χ0v) is 15.3. The summed E-state index contributed by atoms with van der Waals surface area (Å²) < 4.78 is 0.809. The van der Waals surface area contributed by atoms with E-state index in [0.717, 1.165) is 16.0 Å². The molecule has 0 saturated carbocycles. The van der Waals surface area contributed by atoms with Crippen LogP contribution in [0, 0.1) is 5.92 Å². The number of carbonyl (C=O) groups excluding carboxylic acids is 1. The van der Waals surface area contributed by atoms with Gasteiger partial charge >= 0.3 is 0 Å². The summed E-state index contributed by atoms with van der Waals surface area (Å²) in [6.45, 7) is 7.06. The average Bonchev–Trinajstić information content (AvgIpc) is 3.14. The Kier molecular flexibility index (Phi) is 6.66. The summed E-state index contributed by atoms with van der Waals surface area (Å²) >= 11 is 4.57. The van der Waals surface area contributed by atoms with Crippen molar-refractivity contribution in [1.29, 1.82) is 0 Å². The molecular formula is C14H20N4OS3. The fourth-order valence-electron chi connectivity index (χ4n) is 1.87. The van der Waals surface area contributed by atoms with Crippen molar-refractivity contribution in [2.24, 2.45) is 5.92 Å². The van der Waals surface area contributed by atoms with Gasteiger partial charge in [0.2, 0.25) is 11.0 Å². The highest BCUT2D eigenvalue weighted by Crippen LogP contribution is 2.27. The van der Waals surface area contributed by atoms with Gasteiger partial charge in [-0.3, -0.25) is 4.79 Å². The van der Waals surface area contributed by atoms with Crippen LogP contribution in [0.15, 0.2) is 21.9 Å². The lowest BCUT2D eigenvalue weighted by atomic mass is 10.0. The molecule has 2 N–H and O–H groups in total. The lowest BCUT2D eigenvalue weighted by Crippen LogP contribution is -2.32. The van der Waals surface area contributed by atoms with Gasteiger partial charge in [-0.25, -0.2) is 0 Å². The van der Waals surface area contributed by atoms with Gasteiger partial charge in [0.15, 0.2) is 4.34 Å². The van der Waals surface area contributed by atoms with Crippen LogP contribution < -0.4 is 10.6 Å². The maximum Gasteiger partial charge on any atom is 0.230 e. The second kappa shape index (κ2) is 8.50. The number of aromatic nitrogens is 2. The first-order chi connectivity index (χ1) is 10.6. The van der Waals surface area contributed by atoms with E-state index >= 15 is 0 Å². The molecule has 0 aliphatic carbocycles. The molecule has 0 spiro atoms. The van der Waals surface area contributed by atoms with Crippen LogP contribution in [0.25, 0.3) is 0 Å². The molecule has 0 aromatic carbocycles. The first-order valence-corrected chi connectivity index (χ1v) is 9.81. The van der Waals surface area contributed by atoms with Gasteiger partial charge in [0, 0.05) is 11.4 Å². The normalized spacial score (nSPS) is 12.4. The lowest BCUT2D eigenvalue weighted by Gasteiger charge is -2.21. The SMILES string of the molecule is CCNc1nnc(SCC(=O)NC(c2cccs2)C(C)C)s1. The standard InChI is InChI=1S/C14H20N4OS3/c1-4-15-13-17-18-14(22-13)21-8-11(19)16-12(9(2)3)10-6-5-7-20-10/h5-7,9,12H,4,8H2,1-3H3,(H,15,17)(H,16,19). The Morgan fingerprint density at radius 1 is 1.41 bits per heavy atom. The molecule has 0 radical (unpaired) electrons. The predicted octanol–water partition coefficient (Wildman–Crippen LogP) is 3.64. The summed E-state index contributed by atoms with van der Waals surface area (Å²) in [4.78, 5) is 13.4. The van der Waals surface area contributed by atoms with Crippen molar-refractivity contribution in [2.75, 3.05) is 17.6 Å². The van der Waals surface area contributed by atoms with Crippen LogP contribution in [0.4, 0.5) is 5.13 Å². The molecule has 0 fully saturated rings. The zero-order valence-electron chi connectivity index (χ0n) is 12.8. The van der Waals surface area contributed by atoms with E-state index < -0.39 is 0 Å². The fourth-order valence-corrected chi connectivity index (χ4v) is 4.45. The summed E-state index contributed by atoms with van der Waals surface area (Å²) in [5.41, 5.74) is 0. The summed E-state index contributed by atoms with van der Waals surface area (Å²) in [7, 11) is 0. The molecule has 0 saturated heterocycles. The van der Waals surface area contributed by atoms with Crippen molar-refractivity contribution in [2.45, 2.75) is 31.2 Å². The van der Waals surface area contributed by atoms with E-state index in [9.17, 15) is 4.79 Å². The van der Waals surface area contributed by atoms with Gasteiger partial charge in [-0.15, -0.1) is 21.5 Å². The zero-order chi connectivity index (χ0) is 15.9. The molecule has 2 aromatic heterocycles. The van der Waals surface area contributed by atoms with Crippen molar-refractivity contribution in [3.63, 3.8) is 0 Å². The largest absolute Gasteiger partial charge is 0.360 e. The molecule has 2 rings (SSSR count). The van der Waals surface area contributed by atoms with Gasteiger partial charge in [-0.2, -0.15) is 0 Å². The number of thiophene rings is 1. The van der Waals surface area contributed by atoms with Gasteiger partial charge in [0.25, 0.3) is 0 Å². The summed E-state index contributed by atoms with van der Waals surface area (Å²) in [5, 5.41) is 17.1. The molecule has 1 atom stereocenters. The molecule has 1 unspecified atom stereocenters. The molecule has 22 heavy (non-hydrogen) atoms. The summed E-state index contributed by atoms with van der Waals surface area (Å²) in [6, 6.07) is 4.15. The Morgan fingerprint density at radius 3 is 2.86 bits per heavy atom. The van der Waals surface area contributed by atoms with E-state index in [1.54, 1.807) is 11.3 Å². The minimum Gasteiger partial charge on any atom is -0.360 e. The monoisotopic (exact) mass is 356 g/mol. The Morgan fingerprint density at radius 2 is 2.23 bits per heavy atom. The highest BCUT2D eigenvalue weighted by molar-refractivity contribution is 8.01. The topological polar surface area (TPSA) is 66.9 Å². The van der Waals surface area contributed by atoms with Crippen molar-refractivity contribution in [3.05, 3.63) is 22.4 Å². The molecule has 2 heterocycles. The Labute approximate surface area is 142 Å². The molecule has 5 nitrogen and oxygen atoms in total. The minimum absolute atomic E-state index is 0.0253. The third kappa shape index (κ3) is 4.96. The minimum atomic E-state index is 0.0253.